The van der Waals surface area contributed by atoms with Gasteiger partial charge in [0.1, 0.15) is 11.3 Å². The van der Waals surface area contributed by atoms with Crippen LogP contribution in [0.4, 0.5) is 5.69 Å². The third kappa shape index (κ3) is 4.72. The van der Waals surface area contributed by atoms with E-state index in [2.05, 4.69) is 9.71 Å². The molecule has 3 aromatic carbocycles. The Morgan fingerprint density at radius 2 is 1.80 bits per heavy atom. The fraction of sp³-hybridized carbons (Fsp3) is 0.0952. The molecule has 0 atom stereocenters. The number of hydrogen-bond acceptors (Lipinski definition) is 6. The highest BCUT2D eigenvalue weighted by Crippen LogP contribution is 2.28. The van der Waals surface area contributed by atoms with Crippen molar-refractivity contribution in [3.05, 3.63) is 77.3 Å². The number of halogens is 1. The van der Waals surface area contributed by atoms with Crippen molar-refractivity contribution in [1.82, 2.24) is 4.98 Å². The van der Waals surface area contributed by atoms with Crippen LogP contribution in [-0.4, -0.2) is 20.5 Å². The fourth-order valence-electron chi connectivity index (χ4n) is 2.71. The van der Waals surface area contributed by atoms with Crippen molar-refractivity contribution in [3.8, 4) is 5.75 Å². The summed E-state index contributed by atoms with van der Waals surface area (Å²) in [7, 11) is -2.22. The zero-order valence-corrected chi connectivity index (χ0v) is 18.2. The van der Waals surface area contributed by atoms with Gasteiger partial charge in [-0.15, -0.1) is 0 Å². The van der Waals surface area contributed by atoms with Crippen molar-refractivity contribution in [1.29, 1.82) is 0 Å². The summed E-state index contributed by atoms with van der Waals surface area (Å²) in [6.45, 7) is 0. The molecule has 0 saturated carbocycles. The fourth-order valence-corrected chi connectivity index (χ4v) is 4.71. The van der Waals surface area contributed by atoms with Crippen LogP contribution in [0, 0.1) is 0 Å². The lowest BCUT2D eigenvalue weighted by molar-refractivity contribution is 0.415. The lowest BCUT2D eigenvalue weighted by Crippen LogP contribution is -2.12. The van der Waals surface area contributed by atoms with E-state index < -0.39 is 10.0 Å². The van der Waals surface area contributed by atoms with E-state index in [4.69, 9.17) is 20.8 Å². The standard InChI is InChI=1S/C21H17ClN2O4S2/c1-27-17-8-6-16(7-9-17)24-30(25,26)18-10-11-20-19(12-18)23-21(28-20)29-13-14-2-4-15(22)5-3-14/h2-12,24H,13H2,1H3. The summed E-state index contributed by atoms with van der Waals surface area (Å²) < 4.78 is 38.8. The number of fused-ring (bicyclic) bond motifs is 1. The van der Waals surface area contributed by atoms with E-state index >= 15 is 0 Å². The number of hydrogen-bond donors (Lipinski definition) is 1. The van der Waals surface area contributed by atoms with Crippen molar-refractivity contribution >= 4 is 50.2 Å². The Morgan fingerprint density at radius 3 is 2.50 bits per heavy atom. The minimum Gasteiger partial charge on any atom is -0.497 e. The van der Waals surface area contributed by atoms with Gasteiger partial charge in [0.15, 0.2) is 5.58 Å². The maximum atomic E-state index is 12.7. The number of rotatable bonds is 7. The van der Waals surface area contributed by atoms with Crippen LogP contribution in [0.1, 0.15) is 5.56 Å². The molecule has 9 heteroatoms. The molecule has 1 N–H and O–H groups in total. The molecule has 4 rings (SSSR count). The number of aromatic nitrogens is 1. The summed E-state index contributed by atoms with van der Waals surface area (Å²) in [6.07, 6.45) is 0. The van der Waals surface area contributed by atoms with Crippen LogP contribution in [-0.2, 0) is 15.8 Å². The van der Waals surface area contributed by atoms with Crippen molar-refractivity contribution in [2.45, 2.75) is 15.9 Å². The first-order chi connectivity index (χ1) is 14.4. The molecule has 0 aliphatic carbocycles. The lowest BCUT2D eigenvalue weighted by Gasteiger charge is -2.08. The van der Waals surface area contributed by atoms with Gasteiger partial charge >= 0.3 is 0 Å². The number of sulfonamides is 1. The summed E-state index contributed by atoms with van der Waals surface area (Å²) in [5.74, 6) is 1.30. The van der Waals surface area contributed by atoms with Gasteiger partial charge in [0.25, 0.3) is 15.2 Å². The van der Waals surface area contributed by atoms with E-state index in [9.17, 15) is 8.42 Å². The summed E-state index contributed by atoms with van der Waals surface area (Å²) in [6, 6.07) is 18.8. The molecule has 1 aromatic heterocycles. The smallest absolute Gasteiger partial charge is 0.261 e. The molecule has 0 unspecified atom stereocenters. The topological polar surface area (TPSA) is 81.4 Å². The van der Waals surface area contributed by atoms with Gasteiger partial charge in [0.2, 0.25) is 0 Å². The van der Waals surface area contributed by atoms with Crippen LogP contribution in [0.25, 0.3) is 11.1 Å². The first-order valence-electron chi connectivity index (χ1n) is 8.88. The molecule has 0 saturated heterocycles. The molecule has 6 nitrogen and oxygen atoms in total. The van der Waals surface area contributed by atoms with E-state index in [1.807, 2.05) is 24.3 Å². The number of nitrogens with zero attached hydrogens (tertiary/aromatic N) is 1. The van der Waals surface area contributed by atoms with Gasteiger partial charge in [-0.1, -0.05) is 35.5 Å². The number of anilines is 1. The third-order valence-electron chi connectivity index (χ3n) is 4.27. The molecule has 1 heterocycles. The summed E-state index contributed by atoms with van der Waals surface area (Å²) in [5.41, 5.74) is 2.53. The average molecular weight is 461 g/mol. The molecule has 0 aliphatic rings. The molecule has 0 radical (unpaired) electrons. The highest BCUT2D eigenvalue weighted by atomic mass is 35.5. The van der Waals surface area contributed by atoms with Gasteiger partial charge < -0.3 is 9.15 Å². The zero-order chi connectivity index (χ0) is 21.1. The molecule has 30 heavy (non-hydrogen) atoms. The van der Waals surface area contributed by atoms with Crippen LogP contribution in [0.15, 0.2) is 81.3 Å². The average Bonchev–Trinajstić information content (AvgIpc) is 3.16. The summed E-state index contributed by atoms with van der Waals surface area (Å²) in [4.78, 5) is 4.52. The predicted molar refractivity (Wildman–Crippen MR) is 119 cm³/mol. The van der Waals surface area contributed by atoms with Crippen molar-refractivity contribution in [3.63, 3.8) is 0 Å². The highest BCUT2D eigenvalue weighted by molar-refractivity contribution is 7.98. The minimum absolute atomic E-state index is 0.105. The Morgan fingerprint density at radius 1 is 1.07 bits per heavy atom. The Labute approximate surface area is 183 Å². The Hall–Kier alpha value is -2.68. The molecular formula is C21H17ClN2O4S2. The molecule has 154 valence electrons. The van der Waals surface area contributed by atoms with Crippen LogP contribution >= 0.6 is 23.4 Å². The van der Waals surface area contributed by atoms with E-state index in [0.29, 0.717) is 38.5 Å². The van der Waals surface area contributed by atoms with E-state index in [0.717, 1.165) is 5.56 Å². The number of nitrogens with one attached hydrogen (secondary N) is 1. The van der Waals surface area contributed by atoms with Gasteiger partial charge in [-0.25, -0.2) is 13.4 Å². The normalized spacial score (nSPS) is 11.5. The van der Waals surface area contributed by atoms with Gasteiger partial charge in [0.05, 0.1) is 12.0 Å². The Bertz CT molecular complexity index is 1270. The SMILES string of the molecule is COc1ccc(NS(=O)(=O)c2ccc3oc(SCc4ccc(Cl)cc4)nc3c2)cc1. The number of methoxy groups -OCH3 is 1. The van der Waals surface area contributed by atoms with Crippen LogP contribution in [0.3, 0.4) is 0 Å². The molecule has 0 bridgehead atoms. The van der Waals surface area contributed by atoms with Crippen molar-refractivity contribution in [2.75, 3.05) is 11.8 Å². The minimum atomic E-state index is -3.77. The van der Waals surface area contributed by atoms with Gasteiger partial charge in [-0.3, -0.25) is 4.72 Å². The summed E-state index contributed by atoms with van der Waals surface area (Å²) >= 11 is 7.33. The predicted octanol–water partition coefficient (Wildman–Crippen LogP) is 5.58. The number of ether oxygens (including phenoxy) is 1. The maximum Gasteiger partial charge on any atom is 0.261 e. The molecule has 4 aromatic rings. The van der Waals surface area contributed by atoms with Crippen molar-refractivity contribution < 1.29 is 17.6 Å². The Balaban J connectivity index is 1.51. The zero-order valence-electron chi connectivity index (χ0n) is 15.8. The maximum absolute atomic E-state index is 12.7. The monoisotopic (exact) mass is 460 g/mol. The second kappa shape index (κ2) is 8.59. The van der Waals surface area contributed by atoms with E-state index in [1.165, 1.54) is 23.9 Å². The largest absolute Gasteiger partial charge is 0.497 e. The van der Waals surface area contributed by atoms with Gasteiger partial charge in [0, 0.05) is 16.5 Å². The first kappa shape index (κ1) is 20.6. The van der Waals surface area contributed by atoms with Crippen LogP contribution in [0.5, 0.6) is 5.75 Å². The molecule has 0 spiro atoms. The van der Waals surface area contributed by atoms with Crippen LogP contribution in [0.2, 0.25) is 5.02 Å². The molecule has 0 amide bonds. The third-order valence-corrected chi connectivity index (χ3v) is 6.80. The number of benzene rings is 3. The quantitative estimate of drug-likeness (QED) is 0.362. The molecule has 0 aliphatic heterocycles. The highest BCUT2D eigenvalue weighted by Gasteiger charge is 2.17. The number of oxazole rings is 1. The van der Waals surface area contributed by atoms with Gasteiger partial charge in [-0.05, 0) is 60.2 Å². The van der Waals surface area contributed by atoms with Crippen molar-refractivity contribution in [2.24, 2.45) is 0 Å². The van der Waals surface area contributed by atoms with Crippen LogP contribution < -0.4 is 9.46 Å². The second-order valence-corrected chi connectivity index (χ2v) is 9.40. The van der Waals surface area contributed by atoms with Gasteiger partial charge in [-0.2, -0.15) is 0 Å². The summed E-state index contributed by atoms with van der Waals surface area (Å²) in [5, 5.41) is 1.15. The Kier molecular flexibility index (Phi) is 5.90. The van der Waals surface area contributed by atoms with E-state index in [-0.39, 0.29) is 4.90 Å². The second-order valence-electron chi connectivity index (χ2n) is 6.36. The molecule has 0 fully saturated rings. The lowest BCUT2D eigenvalue weighted by atomic mass is 10.2. The number of thioether (sulfide) groups is 1. The van der Waals surface area contributed by atoms with E-state index in [1.54, 1.807) is 37.4 Å². The first-order valence-corrected chi connectivity index (χ1v) is 11.7. The molecular weight excluding hydrogens is 444 g/mol.